The van der Waals surface area contributed by atoms with E-state index in [1.54, 1.807) is 59.7 Å². The van der Waals surface area contributed by atoms with Crippen LogP contribution in [0.1, 0.15) is 92.9 Å². The maximum Gasteiger partial charge on any atom is 0.509 e. The summed E-state index contributed by atoms with van der Waals surface area (Å²) in [6, 6.07) is 6.27. The number of carbonyl (C=O) groups excluding carboxylic acids is 7. The normalized spacial score (nSPS) is 33.4. The smallest absolute Gasteiger partial charge is 0.454 e. The standard InChI is InChI=1S/C46H57NO17/c1-12-16-29(50)58-33-30-23(4)32(59-39(54)31(51)26(19-22(2)3)47-40(55)63-42(6,7)8)36-46(43(30,9)10,64-41(56)61-36)37(60-38(53)25-17-14-13-15-18-25)34-44(11,35(33)52)27(49)20-28-45(34,21-57-28)62-24(5)48/h12-19,26-28,31-34,36-37,49,51H,20-21H2,1-11H3,(H,47,55)/b16-12+/t26-,27-,28?,31+,32+,33+,34?,36?,37?,44+,45-,46?/m0/s1. The largest absolute Gasteiger partial charge is 0.509 e. The van der Waals surface area contributed by atoms with Gasteiger partial charge >= 0.3 is 36.1 Å². The first-order valence-corrected chi connectivity index (χ1v) is 21.0. The number of amides is 1. The van der Waals surface area contributed by atoms with Crippen molar-refractivity contribution in [2.24, 2.45) is 16.7 Å². The van der Waals surface area contributed by atoms with Crippen LogP contribution < -0.4 is 5.32 Å². The van der Waals surface area contributed by atoms with E-state index in [0.717, 1.165) is 13.0 Å². The lowest BCUT2D eigenvalue weighted by molar-refractivity contribution is -0.345. The van der Waals surface area contributed by atoms with Gasteiger partial charge in [-0.3, -0.25) is 9.59 Å². The topological polar surface area (TPSA) is 246 Å². The van der Waals surface area contributed by atoms with Crippen LogP contribution in [0.15, 0.2) is 65.3 Å². The summed E-state index contributed by atoms with van der Waals surface area (Å²) in [6.07, 6.45) is -11.1. The molecule has 1 aromatic carbocycles. The molecule has 12 atom stereocenters. The second-order valence-electron chi connectivity index (χ2n) is 18.9. The number of fused-ring (bicyclic) bond motifs is 4. The van der Waals surface area contributed by atoms with E-state index < -0.39 is 124 Å². The van der Waals surface area contributed by atoms with Crippen LogP contribution >= 0.6 is 0 Å². The number of Topliss-reactive ketones (excluding diaryl/α,β-unsaturated/α-hetero) is 1. The van der Waals surface area contributed by atoms with Crippen molar-refractivity contribution in [2.45, 2.75) is 148 Å². The van der Waals surface area contributed by atoms with Gasteiger partial charge < -0.3 is 53.4 Å². The number of benzene rings is 1. The molecule has 4 fully saturated rings. The van der Waals surface area contributed by atoms with Crippen LogP contribution in [0, 0.1) is 16.7 Å². The highest BCUT2D eigenvalue weighted by Gasteiger charge is 2.83. The van der Waals surface area contributed by atoms with Crippen molar-refractivity contribution in [1.82, 2.24) is 5.32 Å². The minimum Gasteiger partial charge on any atom is -0.454 e. The molecule has 3 aliphatic carbocycles. The highest BCUT2D eigenvalue weighted by atomic mass is 16.8. The van der Waals surface area contributed by atoms with E-state index in [1.807, 2.05) is 0 Å². The van der Waals surface area contributed by atoms with Gasteiger partial charge in [0.05, 0.1) is 35.6 Å². The van der Waals surface area contributed by atoms with E-state index in [0.29, 0.717) is 5.57 Å². The number of hydrogen-bond donors (Lipinski definition) is 3. The molecule has 18 nitrogen and oxygen atoms in total. The first-order chi connectivity index (χ1) is 29.8. The minimum atomic E-state index is -2.39. The Morgan fingerprint density at radius 1 is 0.984 bits per heavy atom. The molecule has 0 radical (unpaired) electrons. The Morgan fingerprint density at radius 2 is 1.64 bits per heavy atom. The van der Waals surface area contributed by atoms with Crippen molar-refractivity contribution in [2.75, 3.05) is 6.61 Å². The van der Waals surface area contributed by atoms with E-state index >= 15 is 4.79 Å². The first-order valence-electron chi connectivity index (χ1n) is 21.0. The zero-order chi connectivity index (χ0) is 47.5. The van der Waals surface area contributed by atoms with Crippen LogP contribution in [-0.4, -0.2) is 124 Å². The molecule has 64 heavy (non-hydrogen) atoms. The fraction of sp³-hybridized carbons (Fsp3) is 0.587. The second kappa shape index (κ2) is 17.1. The van der Waals surface area contributed by atoms with Gasteiger partial charge in [-0.1, -0.05) is 49.8 Å². The van der Waals surface area contributed by atoms with Crippen molar-refractivity contribution >= 4 is 41.9 Å². The predicted molar refractivity (Wildman–Crippen MR) is 221 cm³/mol. The molecule has 1 aromatic rings. The van der Waals surface area contributed by atoms with Crippen LogP contribution in [0.25, 0.3) is 0 Å². The molecular weight excluding hydrogens is 838 g/mol. The van der Waals surface area contributed by atoms with Gasteiger partial charge in [0, 0.05) is 24.8 Å². The van der Waals surface area contributed by atoms with Gasteiger partial charge in [0.2, 0.25) is 5.60 Å². The number of aliphatic hydroxyl groups excluding tert-OH is 2. The Morgan fingerprint density at radius 3 is 2.20 bits per heavy atom. The average Bonchev–Trinajstić information content (AvgIpc) is 3.55. The van der Waals surface area contributed by atoms with Crippen LogP contribution in [0.3, 0.4) is 0 Å². The number of rotatable bonds is 10. The highest BCUT2D eigenvalue weighted by molar-refractivity contribution is 5.97. The molecule has 2 bridgehead atoms. The fourth-order valence-corrected chi connectivity index (χ4v) is 10.3. The van der Waals surface area contributed by atoms with Gasteiger partial charge in [0.25, 0.3) is 0 Å². The average molecular weight is 896 g/mol. The van der Waals surface area contributed by atoms with Gasteiger partial charge in [0.15, 0.2) is 41.9 Å². The lowest BCUT2D eigenvalue weighted by Gasteiger charge is -2.67. The lowest BCUT2D eigenvalue weighted by atomic mass is 9.44. The SMILES string of the molecule is C/C=C/C(=O)O[C@H]1C(=O)[C@@]2(C)C(C(OC(=O)c3ccccc3)C34OC(=O)OC3[C@H](OC(=O)[C@H](O)[C@H](C=C(C)C)NC(=O)OC(C)(C)C)C(C)=C1C4(C)C)[C@]1(OC(C)=O)COC1C[C@@H]2O. The van der Waals surface area contributed by atoms with Crippen LogP contribution in [0.4, 0.5) is 9.59 Å². The molecule has 5 unspecified atom stereocenters. The number of allylic oxidation sites excluding steroid dienone is 2. The Hall–Kier alpha value is -5.59. The number of alkyl carbamates (subject to hydrolysis) is 1. The number of aliphatic hydroxyl groups is 2. The van der Waals surface area contributed by atoms with E-state index in [-0.39, 0.29) is 29.7 Å². The summed E-state index contributed by atoms with van der Waals surface area (Å²) in [5.41, 5.74) is -8.63. The van der Waals surface area contributed by atoms with Crippen molar-refractivity contribution in [1.29, 1.82) is 0 Å². The zero-order valence-corrected chi connectivity index (χ0v) is 37.7. The molecule has 1 amide bonds. The summed E-state index contributed by atoms with van der Waals surface area (Å²) < 4.78 is 48.3. The number of hydrogen-bond acceptors (Lipinski definition) is 17. The van der Waals surface area contributed by atoms with Crippen LogP contribution in [0.5, 0.6) is 0 Å². The Bertz CT molecular complexity index is 2180. The second-order valence-corrected chi connectivity index (χ2v) is 18.9. The molecule has 5 aliphatic rings. The molecule has 2 saturated heterocycles. The molecule has 2 heterocycles. The summed E-state index contributed by atoms with van der Waals surface area (Å²) >= 11 is 0. The fourth-order valence-electron chi connectivity index (χ4n) is 10.3. The quantitative estimate of drug-likeness (QED) is 0.129. The Balaban J connectivity index is 1.64. The van der Waals surface area contributed by atoms with Gasteiger partial charge in [0.1, 0.15) is 11.7 Å². The minimum absolute atomic E-state index is 0.00927. The van der Waals surface area contributed by atoms with Crippen molar-refractivity contribution in [3.8, 4) is 0 Å². The van der Waals surface area contributed by atoms with E-state index in [2.05, 4.69) is 5.32 Å². The number of nitrogens with one attached hydrogen (secondary N) is 1. The third-order valence-corrected chi connectivity index (χ3v) is 12.9. The van der Waals surface area contributed by atoms with Crippen molar-refractivity contribution in [3.63, 3.8) is 0 Å². The molecule has 0 aromatic heterocycles. The molecule has 18 heteroatoms. The summed E-state index contributed by atoms with van der Waals surface area (Å²) in [7, 11) is 0. The molecular formula is C46H57NO17. The molecule has 6 rings (SSSR count). The van der Waals surface area contributed by atoms with Gasteiger partial charge in [-0.25, -0.2) is 24.0 Å². The monoisotopic (exact) mass is 895 g/mol. The Labute approximate surface area is 370 Å². The van der Waals surface area contributed by atoms with Gasteiger partial charge in [-0.2, -0.15) is 0 Å². The van der Waals surface area contributed by atoms with Crippen LogP contribution in [-0.2, 0) is 57.1 Å². The molecule has 3 N–H and O–H groups in total. The third-order valence-electron chi connectivity index (χ3n) is 12.9. The summed E-state index contributed by atoms with van der Waals surface area (Å²) in [5, 5.41) is 26.3. The number of ether oxygens (including phenoxy) is 8. The molecule has 2 saturated carbocycles. The van der Waals surface area contributed by atoms with Gasteiger partial charge in [-0.05, 0) is 78.7 Å². The van der Waals surface area contributed by atoms with E-state index in [1.165, 1.54) is 52.0 Å². The summed E-state index contributed by atoms with van der Waals surface area (Å²) in [4.78, 5) is 98.2. The molecule has 348 valence electrons. The van der Waals surface area contributed by atoms with Crippen molar-refractivity contribution < 1.29 is 81.7 Å². The van der Waals surface area contributed by atoms with Crippen molar-refractivity contribution in [3.05, 3.63) is 70.8 Å². The highest BCUT2D eigenvalue weighted by Crippen LogP contribution is 2.67. The van der Waals surface area contributed by atoms with Crippen LogP contribution in [0.2, 0.25) is 0 Å². The number of carbonyl (C=O) groups is 7. The molecule has 1 spiro atoms. The maximum atomic E-state index is 15.8. The number of esters is 4. The van der Waals surface area contributed by atoms with E-state index in [4.69, 9.17) is 37.9 Å². The predicted octanol–water partition coefficient (Wildman–Crippen LogP) is 4.13. The zero-order valence-electron chi connectivity index (χ0n) is 37.7. The van der Waals surface area contributed by atoms with E-state index in [9.17, 15) is 39.0 Å². The third kappa shape index (κ3) is 7.97. The Kier molecular flexibility index (Phi) is 12.8. The van der Waals surface area contributed by atoms with Gasteiger partial charge in [-0.15, -0.1) is 0 Å². The summed E-state index contributed by atoms with van der Waals surface area (Å²) in [5.74, 6) is -6.75. The maximum absolute atomic E-state index is 15.8. The summed E-state index contributed by atoms with van der Waals surface area (Å²) in [6.45, 7) is 16.3. The lowest BCUT2D eigenvalue weighted by Crippen LogP contribution is -2.83. The first kappa shape index (κ1) is 47.9. The molecule has 2 aliphatic heterocycles. The number of ketones is 1.